The maximum Gasteiger partial charge on any atom is 0.335 e. The summed E-state index contributed by atoms with van der Waals surface area (Å²) < 4.78 is 1.05. The van der Waals surface area contributed by atoms with Gasteiger partial charge in [-0.25, -0.2) is 4.79 Å². The minimum absolute atomic E-state index is 0.311. The lowest BCUT2D eigenvalue weighted by molar-refractivity contribution is 0.0697. The van der Waals surface area contributed by atoms with E-state index in [4.69, 9.17) is 5.11 Å². The molecule has 0 radical (unpaired) electrons. The summed E-state index contributed by atoms with van der Waals surface area (Å²) in [6.07, 6.45) is 0. The molecule has 3 nitrogen and oxygen atoms in total. The standard InChI is InChI=1S/C15H14BrNO2/c1-10-7-12(15(18)19)5-6-14(10)17-9-11-3-2-4-13(16)8-11/h2-8,17H,9H2,1H3,(H,18,19). The second-order valence-electron chi connectivity index (χ2n) is 4.32. The highest BCUT2D eigenvalue weighted by molar-refractivity contribution is 9.10. The quantitative estimate of drug-likeness (QED) is 0.893. The summed E-state index contributed by atoms with van der Waals surface area (Å²) in [6.45, 7) is 2.60. The molecule has 0 aromatic heterocycles. The number of benzene rings is 2. The molecule has 0 fully saturated rings. The highest BCUT2D eigenvalue weighted by atomic mass is 79.9. The van der Waals surface area contributed by atoms with Crippen LogP contribution in [0, 0.1) is 6.92 Å². The van der Waals surface area contributed by atoms with E-state index in [1.165, 1.54) is 0 Å². The van der Waals surface area contributed by atoms with E-state index in [-0.39, 0.29) is 0 Å². The minimum atomic E-state index is -0.901. The Kier molecular flexibility index (Phi) is 4.22. The highest BCUT2D eigenvalue weighted by Gasteiger charge is 2.05. The number of rotatable bonds is 4. The third kappa shape index (κ3) is 3.58. The van der Waals surface area contributed by atoms with Crippen LogP contribution in [-0.4, -0.2) is 11.1 Å². The van der Waals surface area contributed by atoms with Crippen molar-refractivity contribution in [3.8, 4) is 0 Å². The largest absolute Gasteiger partial charge is 0.478 e. The van der Waals surface area contributed by atoms with Crippen molar-refractivity contribution >= 4 is 27.6 Å². The fraction of sp³-hybridized carbons (Fsp3) is 0.133. The third-order valence-corrected chi connectivity index (χ3v) is 3.34. The number of hydrogen-bond acceptors (Lipinski definition) is 2. The maximum absolute atomic E-state index is 10.9. The first-order valence-corrected chi connectivity index (χ1v) is 6.68. The Morgan fingerprint density at radius 2 is 2.05 bits per heavy atom. The molecule has 0 heterocycles. The Bertz CT molecular complexity index is 611. The zero-order valence-corrected chi connectivity index (χ0v) is 12.1. The average Bonchev–Trinajstić information content (AvgIpc) is 2.37. The summed E-state index contributed by atoms with van der Waals surface area (Å²) in [4.78, 5) is 10.9. The number of aromatic carboxylic acids is 1. The van der Waals surface area contributed by atoms with E-state index in [9.17, 15) is 4.79 Å². The fourth-order valence-electron chi connectivity index (χ4n) is 1.84. The summed E-state index contributed by atoms with van der Waals surface area (Å²) in [7, 11) is 0. The van der Waals surface area contributed by atoms with Crippen LogP contribution in [0.25, 0.3) is 0 Å². The Morgan fingerprint density at radius 3 is 2.68 bits per heavy atom. The topological polar surface area (TPSA) is 49.3 Å². The molecule has 0 aliphatic rings. The van der Waals surface area contributed by atoms with Crippen LogP contribution in [0.4, 0.5) is 5.69 Å². The van der Waals surface area contributed by atoms with Crippen LogP contribution >= 0.6 is 15.9 Å². The first kappa shape index (κ1) is 13.6. The molecule has 0 aliphatic heterocycles. The molecule has 4 heteroatoms. The molecule has 2 aromatic rings. The first-order valence-electron chi connectivity index (χ1n) is 5.88. The van der Waals surface area contributed by atoms with Gasteiger partial charge in [0.25, 0.3) is 0 Å². The van der Waals surface area contributed by atoms with Crippen molar-refractivity contribution in [1.29, 1.82) is 0 Å². The van der Waals surface area contributed by atoms with Gasteiger partial charge in [-0.3, -0.25) is 0 Å². The van der Waals surface area contributed by atoms with Gasteiger partial charge in [-0.05, 0) is 48.4 Å². The molecule has 0 amide bonds. The number of anilines is 1. The van der Waals surface area contributed by atoms with Crippen molar-refractivity contribution in [2.75, 3.05) is 5.32 Å². The van der Waals surface area contributed by atoms with Gasteiger partial charge in [0.15, 0.2) is 0 Å². The average molecular weight is 320 g/mol. The number of aryl methyl sites for hydroxylation is 1. The number of hydrogen-bond donors (Lipinski definition) is 2. The van der Waals surface area contributed by atoms with Crippen molar-refractivity contribution in [3.63, 3.8) is 0 Å². The van der Waals surface area contributed by atoms with Gasteiger partial charge >= 0.3 is 5.97 Å². The van der Waals surface area contributed by atoms with Crippen LogP contribution in [0.3, 0.4) is 0 Å². The van der Waals surface area contributed by atoms with Crippen molar-refractivity contribution in [2.45, 2.75) is 13.5 Å². The predicted octanol–water partition coefficient (Wildman–Crippen LogP) is 4.07. The van der Waals surface area contributed by atoms with E-state index in [0.717, 1.165) is 21.3 Å². The van der Waals surface area contributed by atoms with Gasteiger partial charge in [-0.1, -0.05) is 28.1 Å². The smallest absolute Gasteiger partial charge is 0.335 e. The first-order chi connectivity index (χ1) is 9.06. The number of carboxylic acid groups (broad SMARTS) is 1. The van der Waals surface area contributed by atoms with E-state index < -0.39 is 5.97 Å². The fourth-order valence-corrected chi connectivity index (χ4v) is 2.29. The van der Waals surface area contributed by atoms with Crippen LogP contribution in [0.5, 0.6) is 0 Å². The second-order valence-corrected chi connectivity index (χ2v) is 5.23. The molecule has 98 valence electrons. The molecule has 0 atom stereocenters. The molecular formula is C15H14BrNO2. The molecule has 0 bridgehead atoms. The van der Waals surface area contributed by atoms with Crippen LogP contribution in [0.1, 0.15) is 21.5 Å². The maximum atomic E-state index is 10.9. The lowest BCUT2D eigenvalue weighted by Crippen LogP contribution is -2.03. The van der Waals surface area contributed by atoms with Crippen molar-refractivity contribution < 1.29 is 9.90 Å². The number of nitrogens with one attached hydrogen (secondary N) is 1. The van der Waals surface area contributed by atoms with Gasteiger partial charge in [0, 0.05) is 16.7 Å². The lowest BCUT2D eigenvalue weighted by atomic mass is 10.1. The van der Waals surface area contributed by atoms with E-state index in [1.54, 1.807) is 18.2 Å². The van der Waals surface area contributed by atoms with Crippen molar-refractivity contribution in [3.05, 3.63) is 63.6 Å². The van der Waals surface area contributed by atoms with Gasteiger partial charge < -0.3 is 10.4 Å². The van der Waals surface area contributed by atoms with Gasteiger partial charge in [-0.15, -0.1) is 0 Å². The number of carboxylic acids is 1. The normalized spacial score (nSPS) is 10.2. The summed E-state index contributed by atoms with van der Waals surface area (Å²) in [5.74, 6) is -0.901. The highest BCUT2D eigenvalue weighted by Crippen LogP contribution is 2.18. The zero-order valence-electron chi connectivity index (χ0n) is 10.5. The third-order valence-electron chi connectivity index (χ3n) is 2.85. The van der Waals surface area contributed by atoms with E-state index in [1.807, 2.05) is 31.2 Å². The molecule has 0 unspecified atom stereocenters. The minimum Gasteiger partial charge on any atom is -0.478 e. The summed E-state index contributed by atoms with van der Waals surface area (Å²) in [6, 6.07) is 13.1. The van der Waals surface area contributed by atoms with Crippen LogP contribution in [0.2, 0.25) is 0 Å². The number of halogens is 1. The van der Waals surface area contributed by atoms with E-state index >= 15 is 0 Å². The molecule has 2 N–H and O–H groups in total. The molecule has 2 aromatic carbocycles. The van der Waals surface area contributed by atoms with Crippen LogP contribution < -0.4 is 5.32 Å². The van der Waals surface area contributed by atoms with Gasteiger partial charge in [0.05, 0.1) is 5.56 Å². The predicted molar refractivity (Wildman–Crippen MR) is 79.6 cm³/mol. The van der Waals surface area contributed by atoms with Crippen LogP contribution in [0.15, 0.2) is 46.9 Å². The van der Waals surface area contributed by atoms with Gasteiger partial charge in [0.2, 0.25) is 0 Å². The Balaban J connectivity index is 2.10. The monoisotopic (exact) mass is 319 g/mol. The van der Waals surface area contributed by atoms with E-state index in [0.29, 0.717) is 12.1 Å². The molecule has 0 saturated heterocycles. The van der Waals surface area contributed by atoms with E-state index in [2.05, 4.69) is 21.2 Å². The summed E-state index contributed by atoms with van der Waals surface area (Å²) in [5.41, 5.74) is 3.35. The molecule has 2 rings (SSSR count). The lowest BCUT2D eigenvalue weighted by Gasteiger charge is -2.10. The zero-order chi connectivity index (χ0) is 13.8. The molecule has 0 spiro atoms. The Hall–Kier alpha value is -1.81. The molecular weight excluding hydrogens is 306 g/mol. The number of carbonyl (C=O) groups is 1. The molecule has 0 saturated carbocycles. The van der Waals surface area contributed by atoms with Crippen molar-refractivity contribution in [1.82, 2.24) is 0 Å². The van der Waals surface area contributed by atoms with Crippen LogP contribution in [-0.2, 0) is 6.54 Å². The van der Waals surface area contributed by atoms with Gasteiger partial charge in [-0.2, -0.15) is 0 Å². The summed E-state index contributed by atoms with van der Waals surface area (Å²) in [5, 5.41) is 12.2. The Labute approximate surface area is 120 Å². The second kappa shape index (κ2) is 5.89. The SMILES string of the molecule is Cc1cc(C(=O)O)ccc1NCc1cccc(Br)c1. The van der Waals surface area contributed by atoms with Gasteiger partial charge in [0.1, 0.15) is 0 Å². The summed E-state index contributed by atoms with van der Waals surface area (Å²) >= 11 is 3.44. The Morgan fingerprint density at radius 1 is 1.26 bits per heavy atom. The van der Waals surface area contributed by atoms with Crippen molar-refractivity contribution in [2.24, 2.45) is 0 Å². The molecule has 0 aliphatic carbocycles. The molecule has 19 heavy (non-hydrogen) atoms.